The summed E-state index contributed by atoms with van der Waals surface area (Å²) in [5.74, 6) is -0.899. The van der Waals surface area contributed by atoms with Crippen LogP contribution in [-0.2, 0) is 20.7 Å². The molecule has 0 fully saturated rings. The van der Waals surface area contributed by atoms with E-state index in [0.29, 0.717) is 31.6 Å². The molecule has 0 radical (unpaired) electrons. The third kappa shape index (κ3) is 10.7. The van der Waals surface area contributed by atoms with Crippen LogP contribution in [0.2, 0.25) is 0 Å². The average molecular weight is 382 g/mol. The van der Waals surface area contributed by atoms with Crippen molar-refractivity contribution < 1.29 is 24.2 Å². The second-order valence-electron chi connectivity index (χ2n) is 6.85. The van der Waals surface area contributed by atoms with Gasteiger partial charge in [-0.2, -0.15) is 0 Å². The summed E-state index contributed by atoms with van der Waals surface area (Å²) < 4.78 is 5.05. The molecule has 0 spiro atoms. The lowest BCUT2D eigenvalue weighted by Crippen LogP contribution is -2.43. The van der Waals surface area contributed by atoms with Crippen LogP contribution in [0, 0.1) is 0 Å². The topological polar surface area (TPSA) is 156 Å². The molecule has 0 aliphatic carbocycles. The molecular formula is C16H26N6O5. The van der Waals surface area contributed by atoms with E-state index in [1.54, 1.807) is 20.8 Å². The maximum atomic E-state index is 11.7. The first-order chi connectivity index (χ1) is 12.7. The first-order valence-electron chi connectivity index (χ1n) is 8.65. The van der Waals surface area contributed by atoms with Gasteiger partial charge < -0.3 is 20.5 Å². The highest BCUT2D eigenvalue weighted by atomic mass is 16.6. The van der Waals surface area contributed by atoms with Gasteiger partial charge in [-0.3, -0.25) is 4.79 Å². The molecule has 1 aromatic heterocycles. The third-order valence-corrected chi connectivity index (χ3v) is 3.26. The molecule has 27 heavy (non-hydrogen) atoms. The Labute approximate surface area is 157 Å². The lowest BCUT2D eigenvalue weighted by atomic mass is 10.1. The molecule has 3 N–H and O–H groups in total. The number of nitrogens with zero attached hydrogens (tertiary/aromatic N) is 4. The zero-order valence-corrected chi connectivity index (χ0v) is 15.8. The van der Waals surface area contributed by atoms with E-state index in [0.717, 1.165) is 0 Å². The molecule has 1 rings (SSSR count). The summed E-state index contributed by atoms with van der Waals surface area (Å²) in [5.41, 5.74) is -0.700. The second kappa shape index (κ2) is 11.0. The van der Waals surface area contributed by atoms with Crippen LogP contribution in [0.5, 0.6) is 0 Å². The molecule has 1 atom stereocenters. The van der Waals surface area contributed by atoms with Crippen LogP contribution in [0.4, 0.5) is 4.79 Å². The summed E-state index contributed by atoms with van der Waals surface area (Å²) >= 11 is 0. The Morgan fingerprint density at radius 2 is 1.85 bits per heavy atom. The summed E-state index contributed by atoms with van der Waals surface area (Å²) in [6, 6.07) is -1.04. The monoisotopic (exact) mass is 382 g/mol. The van der Waals surface area contributed by atoms with Gasteiger partial charge in [-0.25, -0.2) is 9.59 Å². The smallest absolute Gasteiger partial charge is 0.408 e. The van der Waals surface area contributed by atoms with Gasteiger partial charge in [0.1, 0.15) is 11.6 Å². The minimum absolute atomic E-state index is 0.163. The van der Waals surface area contributed by atoms with Crippen molar-refractivity contribution in [3.8, 4) is 0 Å². The Hall–Kier alpha value is -2.85. The molecule has 11 heteroatoms. The average Bonchev–Trinajstić information content (AvgIpc) is 2.57. The zero-order valence-electron chi connectivity index (χ0n) is 15.8. The summed E-state index contributed by atoms with van der Waals surface area (Å²) in [6.07, 6.45) is 2.33. The number of alkyl carbamates (subject to hydrolysis) is 1. The van der Waals surface area contributed by atoms with Crippen LogP contribution in [0.25, 0.3) is 0 Å². The van der Waals surface area contributed by atoms with Crippen LogP contribution < -0.4 is 10.6 Å². The van der Waals surface area contributed by atoms with E-state index >= 15 is 0 Å². The van der Waals surface area contributed by atoms with Gasteiger partial charge in [0.25, 0.3) is 0 Å². The highest BCUT2D eigenvalue weighted by molar-refractivity contribution is 5.80. The van der Waals surface area contributed by atoms with Crippen molar-refractivity contribution in [2.75, 3.05) is 6.54 Å². The molecule has 1 unspecified atom stereocenters. The van der Waals surface area contributed by atoms with E-state index in [1.807, 2.05) is 0 Å². The van der Waals surface area contributed by atoms with E-state index in [9.17, 15) is 19.5 Å². The van der Waals surface area contributed by atoms with Crippen molar-refractivity contribution in [3.63, 3.8) is 0 Å². The third-order valence-electron chi connectivity index (χ3n) is 3.26. The van der Waals surface area contributed by atoms with Crippen molar-refractivity contribution >= 4 is 18.0 Å². The van der Waals surface area contributed by atoms with Crippen molar-refractivity contribution in [3.05, 3.63) is 12.2 Å². The highest BCUT2D eigenvalue weighted by Gasteiger charge is 2.23. The number of aryl methyl sites for hydroxylation is 1. The maximum Gasteiger partial charge on any atom is 0.408 e. The van der Waals surface area contributed by atoms with Gasteiger partial charge in [-0.15, -0.1) is 20.4 Å². The lowest BCUT2D eigenvalue weighted by molar-refractivity contribution is -0.139. The molecule has 2 amide bonds. The predicted molar refractivity (Wildman–Crippen MR) is 93.6 cm³/mol. The fourth-order valence-electron chi connectivity index (χ4n) is 2.05. The molecule has 0 aromatic carbocycles. The molecule has 0 aliphatic rings. The second-order valence-corrected chi connectivity index (χ2v) is 6.85. The maximum absolute atomic E-state index is 11.7. The molecule has 1 heterocycles. The largest absolute Gasteiger partial charge is 0.480 e. The minimum atomic E-state index is -1.13. The summed E-state index contributed by atoms with van der Waals surface area (Å²) in [4.78, 5) is 34.6. The van der Waals surface area contributed by atoms with Crippen molar-refractivity contribution in [1.82, 2.24) is 31.0 Å². The fourth-order valence-corrected chi connectivity index (χ4v) is 2.05. The van der Waals surface area contributed by atoms with Gasteiger partial charge in [0.15, 0.2) is 12.2 Å². The zero-order chi connectivity index (χ0) is 20.3. The van der Waals surface area contributed by atoms with Crippen LogP contribution in [0.3, 0.4) is 0 Å². The normalized spacial score (nSPS) is 12.1. The quantitative estimate of drug-likeness (QED) is 0.489. The van der Waals surface area contributed by atoms with E-state index in [2.05, 4.69) is 31.0 Å². The number of unbranched alkanes of at least 4 members (excludes halogenated alkanes) is 1. The van der Waals surface area contributed by atoms with Crippen LogP contribution in [0.1, 0.15) is 52.3 Å². The first-order valence-corrected chi connectivity index (χ1v) is 8.65. The van der Waals surface area contributed by atoms with Crippen molar-refractivity contribution in [2.24, 2.45) is 0 Å². The van der Waals surface area contributed by atoms with Gasteiger partial charge in [-0.1, -0.05) is 0 Å². The molecule has 1 aromatic rings. The molecule has 0 aliphatic heterocycles. The number of carbonyl (C=O) groups is 3. The SMILES string of the molecule is CC(C)(C)OC(=O)NC(CCCCNC(=O)CCc1nncnn1)C(=O)O. The number of carboxylic acid groups (broad SMARTS) is 1. The Morgan fingerprint density at radius 3 is 2.44 bits per heavy atom. The molecule has 11 nitrogen and oxygen atoms in total. The number of nitrogens with one attached hydrogen (secondary N) is 2. The van der Waals surface area contributed by atoms with Crippen LogP contribution in [0.15, 0.2) is 6.33 Å². The molecule has 0 saturated carbocycles. The van der Waals surface area contributed by atoms with Gasteiger partial charge >= 0.3 is 12.1 Å². The number of hydrogen-bond acceptors (Lipinski definition) is 8. The molecule has 150 valence electrons. The van der Waals surface area contributed by atoms with E-state index in [1.165, 1.54) is 6.33 Å². The highest BCUT2D eigenvalue weighted by Crippen LogP contribution is 2.08. The van der Waals surface area contributed by atoms with Gasteiger partial charge in [0.05, 0.1) is 0 Å². The Bertz CT molecular complexity index is 619. The van der Waals surface area contributed by atoms with Crippen LogP contribution >= 0.6 is 0 Å². The van der Waals surface area contributed by atoms with E-state index < -0.39 is 23.7 Å². The van der Waals surface area contributed by atoms with Gasteiger partial charge in [0.2, 0.25) is 5.91 Å². The fraction of sp³-hybridized carbons (Fsp3) is 0.688. The lowest BCUT2D eigenvalue weighted by Gasteiger charge is -2.22. The number of rotatable bonds is 10. The van der Waals surface area contributed by atoms with Gasteiger partial charge in [-0.05, 0) is 40.0 Å². The van der Waals surface area contributed by atoms with E-state index in [-0.39, 0.29) is 18.7 Å². The Morgan fingerprint density at radius 1 is 1.19 bits per heavy atom. The minimum Gasteiger partial charge on any atom is -0.480 e. The van der Waals surface area contributed by atoms with Crippen molar-refractivity contribution in [1.29, 1.82) is 0 Å². The van der Waals surface area contributed by atoms with E-state index in [4.69, 9.17) is 4.74 Å². The number of aliphatic carboxylic acids is 1. The van der Waals surface area contributed by atoms with Crippen LogP contribution in [-0.4, -0.2) is 61.7 Å². The summed E-state index contributed by atoms with van der Waals surface area (Å²) in [5, 5.41) is 28.9. The molecule has 0 bridgehead atoms. The number of carboxylic acids is 1. The predicted octanol–water partition coefficient (Wildman–Crippen LogP) is 0.464. The standard InChI is InChI=1S/C16H26N6O5/c1-16(2,3)27-15(26)20-11(14(24)25)6-4-5-9-17-13(23)8-7-12-21-18-10-19-22-12/h10-11H,4-9H2,1-3H3,(H,17,23)(H,20,26)(H,24,25). The van der Waals surface area contributed by atoms with Gasteiger partial charge in [0, 0.05) is 19.4 Å². The Kier molecular flexibility index (Phi) is 9.03. The Balaban J connectivity index is 2.21. The molecular weight excluding hydrogens is 356 g/mol. The molecule has 0 saturated heterocycles. The summed E-state index contributed by atoms with van der Waals surface area (Å²) in [6.45, 7) is 5.50. The number of ether oxygens (including phenoxy) is 1. The number of amides is 2. The summed E-state index contributed by atoms with van der Waals surface area (Å²) in [7, 11) is 0. The number of hydrogen-bond donors (Lipinski definition) is 3. The number of aromatic nitrogens is 4. The first kappa shape index (κ1) is 22.2. The van der Waals surface area contributed by atoms with Crippen molar-refractivity contribution in [2.45, 2.75) is 64.5 Å². The number of carbonyl (C=O) groups excluding carboxylic acids is 2.